The average Bonchev–Trinajstić information content (AvgIpc) is 2.75. The predicted molar refractivity (Wildman–Crippen MR) is 85.2 cm³/mol. The lowest BCUT2D eigenvalue weighted by atomic mass is 9.91. The van der Waals surface area contributed by atoms with Crippen molar-refractivity contribution in [3.8, 4) is 5.75 Å². The summed E-state index contributed by atoms with van der Waals surface area (Å²) in [6.07, 6.45) is 1.52. The monoisotopic (exact) mass is 380 g/mol. The first-order chi connectivity index (χ1) is 9.50. The largest absolute Gasteiger partial charge is 0.494 e. The molecule has 112 valence electrons. The molecule has 0 aliphatic carbocycles. The van der Waals surface area contributed by atoms with Gasteiger partial charge in [-0.25, -0.2) is 8.42 Å². The second-order valence-corrected chi connectivity index (χ2v) is 8.63. The highest BCUT2D eigenvalue weighted by molar-refractivity contribution is 9.10. The van der Waals surface area contributed by atoms with Crippen LogP contribution in [0.1, 0.15) is 12.8 Å². The Morgan fingerprint density at radius 1 is 1.45 bits per heavy atom. The van der Waals surface area contributed by atoms with Gasteiger partial charge in [-0.1, -0.05) is 22.0 Å². The van der Waals surface area contributed by atoms with Crippen LogP contribution in [-0.4, -0.2) is 32.4 Å². The van der Waals surface area contributed by atoms with Gasteiger partial charge in [-0.3, -0.25) is 0 Å². The number of ether oxygens (including phenoxy) is 1. The lowest BCUT2D eigenvalue weighted by Crippen LogP contribution is -2.20. The van der Waals surface area contributed by atoms with Crippen LogP contribution in [0.3, 0.4) is 0 Å². The van der Waals surface area contributed by atoms with Gasteiger partial charge in [-0.05, 0) is 42.9 Å². The maximum atomic E-state index is 11.5. The highest BCUT2D eigenvalue weighted by Crippen LogP contribution is 2.29. The van der Waals surface area contributed by atoms with Crippen molar-refractivity contribution < 1.29 is 13.2 Å². The third-order valence-corrected chi connectivity index (χ3v) is 6.37. The summed E-state index contributed by atoms with van der Waals surface area (Å²) >= 11 is 9.39. The van der Waals surface area contributed by atoms with Crippen molar-refractivity contribution in [2.75, 3.05) is 24.0 Å². The topological polar surface area (TPSA) is 43.4 Å². The number of sulfone groups is 1. The Balaban J connectivity index is 1.83. The molecule has 0 N–H and O–H groups in total. The van der Waals surface area contributed by atoms with E-state index in [0.29, 0.717) is 18.2 Å². The van der Waals surface area contributed by atoms with Crippen molar-refractivity contribution >= 4 is 37.4 Å². The van der Waals surface area contributed by atoms with Gasteiger partial charge in [0.25, 0.3) is 0 Å². The normalized spacial score (nSPS) is 22.6. The first kappa shape index (κ1) is 16.1. The van der Waals surface area contributed by atoms with E-state index in [0.717, 1.165) is 23.1 Å². The Kier molecular flexibility index (Phi) is 5.75. The maximum Gasteiger partial charge on any atom is 0.150 e. The summed E-state index contributed by atoms with van der Waals surface area (Å²) in [5.74, 6) is 2.28. The molecule has 1 saturated heterocycles. The molecule has 1 aromatic carbocycles. The predicted octanol–water partition coefficient (Wildman–Crippen LogP) is 3.51. The summed E-state index contributed by atoms with van der Waals surface area (Å²) in [7, 11) is -2.84. The van der Waals surface area contributed by atoms with Crippen LogP contribution in [0.15, 0.2) is 28.7 Å². The van der Waals surface area contributed by atoms with Gasteiger partial charge >= 0.3 is 0 Å². The fraction of sp³-hybridized carbons (Fsp3) is 0.571. The van der Waals surface area contributed by atoms with Gasteiger partial charge in [-0.2, -0.15) is 0 Å². The maximum absolute atomic E-state index is 11.5. The van der Waals surface area contributed by atoms with Crippen LogP contribution in [-0.2, 0) is 9.84 Å². The number of alkyl halides is 1. The van der Waals surface area contributed by atoms with Crippen molar-refractivity contribution in [1.82, 2.24) is 0 Å². The Labute approximate surface area is 133 Å². The molecule has 1 aromatic rings. The standard InChI is InChI=1S/C14H18BrClO3S/c15-13-2-1-3-14(8-13)19-6-4-11(9-16)12-5-7-20(17,18)10-12/h1-3,8,11-12H,4-7,9-10H2. The van der Waals surface area contributed by atoms with Crippen LogP contribution in [0.5, 0.6) is 5.75 Å². The first-order valence-electron chi connectivity index (χ1n) is 6.65. The molecule has 1 aliphatic heterocycles. The molecule has 1 fully saturated rings. The fourth-order valence-electron chi connectivity index (χ4n) is 2.52. The molecule has 0 saturated carbocycles. The number of hydrogen-bond acceptors (Lipinski definition) is 3. The van der Waals surface area contributed by atoms with Gasteiger partial charge in [0.2, 0.25) is 0 Å². The first-order valence-corrected chi connectivity index (χ1v) is 9.80. The summed E-state index contributed by atoms with van der Waals surface area (Å²) in [5, 5.41) is 0. The molecule has 3 nitrogen and oxygen atoms in total. The number of benzene rings is 1. The van der Waals surface area contributed by atoms with E-state index in [2.05, 4.69) is 15.9 Å². The van der Waals surface area contributed by atoms with Crippen LogP contribution < -0.4 is 4.74 Å². The second kappa shape index (κ2) is 7.14. The molecule has 0 amide bonds. The zero-order chi connectivity index (χ0) is 14.6. The summed E-state index contributed by atoms with van der Waals surface area (Å²) in [6, 6.07) is 7.68. The van der Waals surface area contributed by atoms with E-state index in [1.807, 2.05) is 24.3 Å². The minimum absolute atomic E-state index is 0.184. The van der Waals surface area contributed by atoms with Crippen molar-refractivity contribution in [2.24, 2.45) is 11.8 Å². The molecule has 2 unspecified atom stereocenters. The Morgan fingerprint density at radius 2 is 2.25 bits per heavy atom. The molecule has 0 bridgehead atoms. The minimum atomic E-state index is -2.84. The van der Waals surface area contributed by atoms with E-state index in [1.54, 1.807) is 0 Å². The van der Waals surface area contributed by atoms with Crippen molar-refractivity contribution in [3.63, 3.8) is 0 Å². The van der Waals surface area contributed by atoms with Crippen molar-refractivity contribution in [3.05, 3.63) is 28.7 Å². The van der Waals surface area contributed by atoms with E-state index in [-0.39, 0.29) is 17.6 Å². The van der Waals surface area contributed by atoms with Crippen LogP contribution >= 0.6 is 27.5 Å². The summed E-state index contributed by atoms with van der Waals surface area (Å²) in [6.45, 7) is 0.560. The van der Waals surface area contributed by atoms with E-state index >= 15 is 0 Å². The Morgan fingerprint density at radius 3 is 2.85 bits per heavy atom. The zero-order valence-electron chi connectivity index (χ0n) is 11.1. The Bertz CT molecular complexity index is 547. The minimum Gasteiger partial charge on any atom is -0.494 e. The lowest BCUT2D eigenvalue weighted by Gasteiger charge is -2.20. The third-order valence-electron chi connectivity index (χ3n) is 3.69. The molecule has 0 radical (unpaired) electrons. The highest BCUT2D eigenvalue weighted by atomic mass is 79.9. The Hall–Kier alpha value is -0.260. The van der Waals surface area contributed by atoms with E-state index < -0.39 is 9.84 Å². The SMILES string of the molecule is O=S1(=O)CCC(C(CCl)CCOc2cccc(Br)c2)C1. The zero-order valence-corrected chi connectivity index (χ0v) is 14.3. The smallest absolute Gasteiger partial charge is 0.150 e. The van der Waals surface area contributed by atoms with Gasteiger partial charge < -0.3 is 4.74 Å². The van der Waals surface area contributed by atoms with Gasteiger partial charge in [0, 0.05) is 10.4 Å². The number of hydrogen-bond donors (Lipinski definition) is 0. The quantitative estimate of drug-likeness (QED) is 0.708. The molecule has 1 heterocycles. The van der Waals surface area contributed by atoms with E-state index in [9.17, 15) is 8.42 Å². The second-order valence-electron chi connectivity index (χ2n) is 5.17. The number of rotatable bonds is 6. The molecular formula is C14H18BrClO3S. The van der Waals surface area contributed by atoms with Gasteiger partial charge in [0.1, 0.15) is 5.75 Å². The molecule has 2 atom stereocenters. The summed E-state index contributed by atoms with van der Waals surface area (Å²) < 4.78 is 29.7. The summed E-state index contributed by atoms with van der Waals surface area (Å²) in [5.41, 5.74) is 0. The molecule has 2 rings (SSSR count). The summed E-state index contributed by atoms with van der Waals surface area (Å²) in [4.78, 5) is 0. The third kappa shape index (κ3) is 4.64. The average molecular weight is 382 g/mol. The lowest BCUT2D eigenvalue weighted by molar-refractivity contribution is 0.256. The van der Waals surface area contributed by atoms with Crippen molar-refractivity contribution in [2.45, 2.75) is 12.8 Å². The molecule has 1 aliphatic rings. The van der Waals surface area contributed by atoms with Crippen LogP contribution in [0, 0.1) is 11.8 Å². The van der Waals surface area contributed by atoms with Crippen LogP contribution in [0.2, 0.25) is 0 Å². The van der Waals surface area contributed by atoms with Crippen LogP contribution in [0.4, 0.5) is 0 Å². The molecule has 6 heteroatoms. The van der Waals surface area contributed by atoms with Gasteiger partial charge in [-0.15, -0.1) is 11.6 Å². The molecule has 0 aromatic heterocycles. The van der Waals surface area contributed by atoms with Crippen LogP contribution in [0.25, 0.3) is 0 Å². The number of halogens is 2. The van der Waals surface area contributed by atoms with E-state index in [1.165, 1.54) is 0 Å². The molecule has 20 heavy (non-hydrogen) atoms. The van der Waals surface area contributed by atoms with Gasteiger partial charge in [0.15, 0.2) is 9.84 Å². The van der Waals surface area contributed by atoms with Crippen molar-refractivity contribution in [1.29, 1.82) is 0 Å². The fourth-order valence-corrected chi connectivity index (χ4v) is 5.22. The van der Waals surface area contributed by atoms with Gasteiger partial charge in [0.05, 0.1) is 18.1 Å². The molecule has 0 spiro atoms. The molecular weight excluding hydrogens is 364 g/mol. The highest BCUT2D eigenvalue weighted by Gasteiger charge is 2.33. The van der Waals surface area contributed by atoms with E-state index in [4.69, 9.17) is 16.3 Å².